The van der Waals surface area contributed by atoms with Gasteiger partial charge in [-0.25, -0.2) is 8.42 Å². The highest BCUT2D eigenvalue weighted by atomic mass is 32.2. The molecule has 4 rings (SSSR count). The Bertz CT molecular complexity index is 895. The minimum atomic E-state index is -3.80. The lowest BCUT2D eigenvalue weighted by Crippen LogP contribution is -2.57. The van der Waals surface area contributed by atoms with Gasteiger partial charge in [-0.05, 0) is 58.3 Å². The van der Waals surface area contributed by atoms with Crippen molar-refractivity contribution < 1.29 is 22.8 Å². The first-order chi connectivity index (χ1) is 14.7. The summed E-state index contributed by atoms with van der Waals surface area (Å²) in [5, 5.41) is 2.86. The van der Waals surface area contributed by atoms with Gasteiger partial charge < -0.3 is 10.2 Å². The molecule has 2 heterocycles. The Hall–Kier alpha value is -1.90. The fourth-order valence-electron chi connectivity index (χ4n) is 4.70. The zero-order valence-corrected chi connectivity index (χ0v) is 19.0. The number of hydrogen-bond donors (Lipinski definition) is 2. The Labute approximate surface area is 184 Å². The average Bonchev–Trinajstić information content (AvgIpc) is 3.56. The number of rotatable bonds is 3. The number of nitrogens with zero attached hydrogens (tertiary/aromatic N) is 1. The monoisotopic (exact) mass is 451 g/mol. The van der Waals surface area contributed by atoms with E-state index in [0.29, 0.717) is 38.6 Å². The van der Waals surface area contributed by atoms with E-state index in [1.165, 1.54) is 0 Å². The van der Waals surface area contributed by atoms with Crippen molar-refractivity contribution in [2.45, 2.75) is 93.9 Å². The molecular weight excluding hydrogens is 418 g/mol. The van der Waals surface area contributed by atoms with Crippen LogP contribution in [0.2, 0.25) is 0 Å². The minimum Gasteiger partial charge on any atom is -0.339 e. The second-order valence-corrected chi connectivity index (χ2v) is 12.0. The van der Waals surface area contributed by atoms with Gasteiger partial charge >= 0.3 is 0 Å². The van der Waals surface area contributed by atoms with Crippen molar-refractivity contribution in [1.29, 1.82) is 0 Å². The van der Waals surface area contributed by atoms with Crippen LogP contribution in [0.25, 0.3) is 0 Å². The highest BCUT2D eigenvalue weighted by Crippen LogP contribution is 2.47. The van der Waals surface area contributed by atoms with Crippen molar-refractivity contribution in [3.63, 3.8) is 0 Å². The zero-order valence-electron chi connectivity index (χ0n) is 18.2. The number of fused-ring (bicyclic) bond motifs is 2. The molecule has 0 bridgehead atoms. The van der Waals surface area contributed by atoms with Crippen molar-refractivity contribution >= 4 is 27.7 Å². The van der Waals surface area contributed by atoms with Crippen LogP contribution in [0, 0.1) is 5.92 Å². The molecule has 3 fully saturated rings. The number of sulfonamides is 1. The van der Waals surface area contributed by atoms with Crippen LogP contribution in [0.15, 0.2) is 12.2 Å². The molecule has 3 atom stereocenters. The maximum atomic E-state index is 13.1. The molecule has 0 aromatic carbocycles. The number of allylic oxidation sites excluding steroid dienone is 1. The molecule has 0 aromatic heterocycles. The van der Waals surface area contributed by atoms with Gasteiger partial charge in [0, 0.05) is 18.9 Å². The van der Waals surface area contributed by atoms with Crippen LogP contribution in [-0.2, 0) is 24.4 Å². The molecule has 31 heavy (non-hydrogen) atoms. The summed E-state index contributed by atoms with van der Waals surface area (Å²) in [5.41, 5.74) is -1.26. The van der Waals surface area contributed by atoms with Gasteiger partial charge in [-0.2, -0.15) is 0 Å². The topological polar surface area (TPSA) is 113 Å². The number of carbonyl (C=O) groups is 3. The van der Waals surface area contributed by atoms with Crippen molar-refractivity contribution in [1.82, 2.24) is 14.9 Å². The van der Waals surface area contributed by atoms with Crippen LogP contribution >= 0.6 is 0 Å². The van der Waals surface area contributed by atoms with Crippen LogP contribution < -0.4 is 10.0 Å². The van der Waals surface area contributed by atoms with Gasteiger partial charge in [0.05, 0.1) is 4.75 Å². The number of hydrogen-bond acceptors (Lipinski definition) is 5. The molecule has 2 aliphatic carbocycles. The summed E-state index contributed by atoms with van der Waals surface area (Å²) in [6, 6.07) is -0.593. The lowest BCUT2D eigenvalue weighted by Gasteiger charge is -2.27. The zero-order chi connectivity index (χ0) is 22.3. The molecule has 9 heteroatoms. The molecule has 0 radical (unpaired) electrons. The molecule has 1 saturated heterocycles. The van der Waals surface area contributed by atoms with E-state index in [-0.39, 0.29) is 17.7 Å². The largest absolute Gasteiger partial charge is 0.339 e. The molecular formula is C22H33N3O5S. The maximum absolute atomic E-state index is 13.1. The number of nitrogens with one attached hydrogen (secondary N) is 2. The van der Waals surface area contributed by atoms with Gasteiger partial charge in [-0.1, -0.05) is 25.0 Å². The van der Waals surface area contributed by atoms with E-state index in [4.69, 9.17) is 0 Å². The minimum absolute atomic E-state index is 0.0132. The fourth-order valence-corrected chi connectivity index (χ4v) is 6.01. The summed E-state index contributed by atoms with van der Waals surface area (Å²) in [6.07, 6.45) is 11.8. The van der Waals surface area contributed by atoms with Gasteiger partial charge in [-0.15, -0.1) is 0 Å². The molecule has 172 valence electrons. The summed E-state index contributed by atoms with van der Waals surface area (Å²) < 4.78 is 26.6. The van der Waals surface area contributed by atoms with Crippen molar-refractivity contribution in [2.24, 2.45) is 5.92 Å². The lowest BCUT2D eigenvalue weighted by atomic mass is 10.1. The molecule has 0 aromatic rings. The summed E-state index contributed by atoms with van der Waals surface area (Å²) in [7, 11) is -3.80. The predicted octanol–water partition coefficient (Wildman–Crippen LogP) is 1.76. The maximum Gasteiger partial charge on any atom is 0.259 e. The van der Waals surface area contributed by atoms with Crippen LogP contribution in [0.5, 0.6) is 0 Å². The Morgan fingerprint density at radius 3 is 2.65 bits per heavy atom. The first kappa shape index (κ1) is 22.3. The number of amides is 3. The third kappa shape index (κ3) is 4.38. The second-order valence-electron chi connectivity index (χ2n) is 9.78. The molecule has 2 N–H and O–H groups in total. The number of carbonyl (C=O) groups excluding carboxylic acids is 3. The van der Waals surface area contributed by atoms with Crippen LogP contribution in [0.1, 0.15) is 77.6 Å². The van der Waals surface area contributed by atoms with Gasteiger partial charge in [0.15, 0.2) is 0 Å². The highest BCUT2D eigenvalue weighted by molar-refractivity contribution is 7.91. The van der Waals surface area contributed by atoms with Crippen LogP contribution in [-0.4, -0.2) is 53.9 Å². The highest BCUT2D eigenvalue weighted by Gasteiger charge is 2.62. The SMILES string of the molecule is CC1(S(=O)(=O)NC(=O)[C@@]23C[C@H]2/C=C\CCCCCCC(=O)N2CCC[C@H]2C(=O)N3)CC1. The van der Waals surface area contributed by atoms with Crippen molar-refractivity contribution in [3.8, 4) is 0 Å². The third-order valence-electron chi connectivity index (χ3n) is 7.35. The van der Waals surface area contributed by atoms with E-state index in [2.05, 4.69) is 10.0 Å². The van der Waals surface area contributed by atoms with E-state index in [9.17, 15) is 22.8 Å². The predicted molar refractivity (Wildman–Crippen MR) is 115 cm³/mol. The Morgan fingerprint density at radius 2 is 1.90 bits per heavy atom. The molecule has 4 aliphatic rings. The first-order valence-corrected chi connectivity index (χ1v) is 13.0. The van der Waals surface area contributed by atoms with Gasteiger partial charge in [0.25, 0.3) is 5.91 Å². The Balaban J connectivity index is 1.55. The van der Waals surface area contributed by atoms with Gasteiger partial charge in [-0.3, -0.25) is 19.1 Å². The molecule has 2 aliphatic heterocycles. The summed E-state index contributed by atoms with van der Waals surface area (Å²) in [4.78, 5) is 40.6. The third-order valence-corrected chi connectivity index (χ3v) is 9.51. The second kappa shape index (κ2) is 8.22. The molecule has 0 spiro atoms. The first-order valence-electron chi connectivity index (χ1n) is 11.5. The lowest BCUT2D eigenvalue weighted by molar-refractivity contribution is -0.139. The average molecular weight is 452 g/mol. The summed E-state index contributed by atoms with van der Waals surface area (Å²) in [5.74, 6) is -1.28. The molecule has 0 unspecified atom stereocenters. The summed E-state index contributed by atoms with van der Waals surface area (Å²) >= 11 is 0. The van der Waals surface area contributed by atoms with Crippen LogP contribution in [0.3, 0.4) is 0 Å². The normalized spacial score (nSPS) is 34.4. The van der Waals surface area contributed by atoms with Crippen molar-refractivity contribution in [2.75, 3.05) is 6.54 Å². The van der Waals surface area contributed by atoms with E-state index in [0.717, 1.165) is 38.5 Å². The van der Waals surface area contributed by atoms with E-state index in [1.807, 2.05) is 12.2 Å². The smallest absolute Gasteiger partial charge is 0.259 e. The molecule has 2 saturated carbocycles. The van der Waals surface area contributed by atoms with E-state index >= 15 is 0 Å². The molecule has 3 amide bonds. The fraction of sp³-hybridized carbons (Fsp3) is 0.773. The summed E-state index contributed by atoms with van der Waals surface area (Å²) in [6.45, 7) is 2.17. The van der Waals surface area contributed by atoms with Gasteiger partial charge in [0.2, 0.25) is 21.8 Å². The molecule has 8 nitrogen and oxygen atoms in total. The van der Waals surface area contributed by atoms with Gasteiger partial charge in [0.1, 0.15) is 11.6 Å². The van der Waals surface area contributed by atoms with E-state index < -0.39 is 32.3 Å². The Kier molecular flexibility index (Phi) is 5.91. The van der Waals surface area contributed by atoms with Crippen molar-refractivity contribution in [3.05, 3.63) is 12.2 Å². The van der Waals surface area contributed by atoms with Crippen LogP contribution in [0.4, 0.5) is 0 Å². The Morgan fingerprint density at radius 1 is 1.16 bits per heavy atom. The van der Waals surface area contributed by atoms with E-state index in [1.54, 1.807) is 11.8 Å². The quantitative estimate of drug-likeness (QED) is 0.635. The standard InChI is InChI=1S/C22H33N3O5S/c1-21(12-13-21)31(29,30)24-20(28)22-15-16(22)9-6-4-2-3-5-7-11-18(26)25-14-8-10-17(25)19(27)23-22/h6,9,16-17H,2-5,7-8,10-15H2,1H3,(H,23,27)(H,24,28)/b9-6-/t16-,17+,22-/m1/s1.